The molecule has 3 N–H and O–H groups in total. The zero-order valence-corrected chi connectivity index (χ0v) is 8.96. The number of hydrogen-bond donors (Lipinski definition) is 2. The Labute approximate surface area is 85.7 Å². The van der Waals surface area contributed by atoms with Crippen LogP contribution in [0.1, 0.15) is 25.3 Å². The third-order valence-electron chi connectivity index (χ3n) is 2.60. The molecule has 0 bridgehead atoms. The lowest BCUT2D eigenvalue weighted by atomic mass is 10.0. The first-order valence-electron chi connectivity index (χ1n) is 5.13. The van der Waals surface area contributed by atoms with Crippen molar-refractivity contribution >= 4 is 5.69 Å². The molecule has 0 aliphatic carbocycles. The first-order chi connectivity index (χ1) is 6.77. The summed E-state index contributed by atoms with van der Waals surface area (Å²) in [5.74, 6) is 0. The summed E-state index contributed by atoms with van der Waals surface area (Å²) in [6.45, 7) is 2.19. The fourth-order valence-corrected chi connectivity index (χ4v) is 1.53. The molecule has 0 radical (unpaired) electrons. The standard InChI is InChI=1S/C11H19N3/c1-3-10(13-2)5-4-9-8-14-7-6-11(9)12/h6-8,10,13H,3-5H2,1-2H3,(H2,12,14). The first-order valence-corrected chi connectivity index (χ1v) is 5.13. The van der Waals surface area contributed by atoms with Crippen LogP contribution in [0.15, 0.2) is 18.5 Å². The number of nitrogens with zero attached hydrogens (tertiary/aromatic N) is 1. The Kier molecular flexibility index (Phi) is 4.40. The van der Waals surface area contributed by atoms with Crippen molar-refractivity contribution in [2.45, 2.75) is 32.2 Å². The summed E-state index contributed by atoms with van der Waals surface area (Å²) in [4.78, 5) is 4.07. The van der Waals surface area contributed by atoms with E-state index in [9.17, 15) is 0 Å². The van der Waals surface area contributed by atoms with Crippen molar-refractivity contribution in [1.82, 2.24) is 10.3 Å². The van der Waals surface area contributed by atoms with Gasteiger partial charge < -0.3 is 11.1 Å². The Hall–Kier alpha value is -1.09. The van der Waals surface area contributed by atoms with E-state index in [0.717, 1.165) is 30.5 Å². The molecule has 1 rings (SSSR count). The van der Waals surface area contributed by atoms with Gasteiger partial charge in [0, 0.05) is 24.1 Å². The van der Waals surface area contributed by atoms with E-state index < -0.39 is 0 Å². The van der Waals surface area contributed by atoms with Crippen molar-refractivity contribution in [1.29, 1.82) is 0 Å². The predicted octanol–water partition coefficient (Wildman–Crippen LogP) is 1.59. The van der Waals surface area contributed by atoms with Crippen LogP contribution in [0.2, 0.25) is 0 Å². The molecule has 78 valence electrons. The Balaban J connectivity index is 2.49. The summed E-state index contributed by atoms with van der Waals surface area (Å²) < 4.78 is 0. The molecule has 1 heterocycles. The Bertz CT molecular complexity index is 269. The van der Waals surface area contributed by atoms with Crippen molar-refractivity contribution in [2.24, 2.45) is 0 Å². The summed E-state index contributed by atoms with van der Waals surface area (Å²) in [5, 5.41) is 3.28. The lowest BCUT2D eigenvalue weighted by Gasteiger charge is -2.13. The smallest absolute Gasteiger partial charge is 0.0377 e. The summed E-state index contributed by atoms with van der Waals surface area (Å²) >= 11 is 0. The molecule has 3 heteroatoms. The van der Waals surface area contributed by atoms with Gasteiger partial charge in [-0.15, -0.1) is 0 Å². The molecule has 0 fully saturated rings. The Morgan fingerprint density at radius 1 is 1.57 bits per heavy atom. The molecule has 0 saturated carbocycles. The highest BCUT2D eigenvalue weighted by atomic mass is 14.9. The van der Waals surface area contributed by atoms with E-state index in [1.807, 2.05) is 19.3 Å². The van der Waals surface area contributed by atoms with E-state index in [2.05, 4.69) is 17.2 Å². The van der Waals surface area contributed by atoms with Gasteiger partial charge in [0.05, 0.1) is 0 Å². The van der Waals surface area contributed by atoms with Crippen LogP contribution >= 0.6 is 0 Å². The number of aromatic nitrogens is 1. The van der Waals surface area contributed by atoms with Gasteiger partial charge in [0.15, 0.2) is 0 Å². The Morgan fingerprint density at radius 3 is 2.93 bits per heavy atom. The molecule has 1 aromatic rings. The summed E-state index contributed by atoms with van der Waals surface area (Å²) in [6.07, 6.45) is 6.85. The number of nitrogens with two attached hydrogens (primary N) is 1. The van der Waals surface area contributed by atoms with Gasteiger partial charge in [0.1, 0.15) is 0 Å². The molecule has 14 heavy (non-hydrogen) atoms. The predicted molar refractivity (Wildman–Crippen MR) is 60.1 cm³/mol. The number of nitrogens with one attached hydrogen (secondary N) is 1. The van der Waals surface area contributed by atoms with Gasteiger partial charge in [0.2, 0.25) is 0 Å². The van der Waals surface area contributed by atoms with Crippen LogP contribution < -0.4 is 11.1 Å². The van der Waals surface area contributed by atoms with Crippen molar-refractivity contribution in [3.8, 4) is 0 Å². The van der Waals surface area contributed by atoms with E-state index in [-0.39, 0.29) is 0 Å². The average Bonchev–Trinajstić information content (AvgIpc) is 2.22. The fourth-order valence-electron chi connectivity index (χ4n) is 1.53. The van der Waals surface area contributed by atoms with E-state index in [1.54, 1.807) is 6.20 Å². The van der Waals surface area contributed by atoms with Crippen molar-refractivity contribution in [3.05, 3.63) is 24.0 Å². The molecule has 0 spiro atoms. The maximum absolute atomic E-state index is 5.83. The minimum absolute atomic E-state index is 0.578. The zero-order valence-electron chi connectivity index (χ0n) is 8.96. The molecule has 0 saturated heterocycles. The van der Waals surface area contributed by atoms with Gasteiger partial charge in [0.25, 0.3) is 0 Å². The molecule has 1 unspecified atom stereocenters. The van der Waals surface area contributed by atoms with Crippen molar-refractivity contribution in [2.75, 3.05) is 12.8 Å². The normalized spacial score (nSPS) is 12.7. The molecule has 3 nitrogen and oxygen atoms in total. The molecule has 0 amide bonds. The van der Waals surface area contributed by atoms with Crippen LogP contribution in [0.5, 0.6) is 0 Å². The van der Waals surface area contributed by atoms with Crippen LogP contribution in [-0.4, -0.2) is 18.1 Å². The highest BCUT2D eigenvalue weighted by Crippen LogP contribution is 2.12. The van der Waals surface area contributed by atoms with E-state index >= 15 is 0 Å². The monoisotopic (exact) mass is 193 g/mol. The third kappa shape index (κ3) is 3.00. The minimum Gasteiger partial charge on any atom is -0.398 e. The molecule has 1 aromatic heterocycles. The van der Waals surface area contributed by atoms with Crippen LogP contribution in [0, 0.1) is 0 Å². The van der Waals surface area contributed by atoms with Gasteiger partial charge in [-0.1, -0.05) is 6.92 Å². The second-order valence-electron chi connectivity index (χ2n) is 3.51. The zero-order chi connectivity index (χ0) is 10.4. The fraction of sp³-hybridized carbons (Fsp3) is 0.545. The third-order valence-corrected chi connectivity index (χ3v) is 2.60. The number of hydrogen-bond acceptors (Lipinski definition) is 3. The summed E-state index contributed by atoms with van der Waals surface area (Å²) in [6, 6.07) is 2.44. The Morgan fingerprint density at radius 2 is 2.36 bits per heavy atom. The lowest BCUT2D eigenvalue weighted by Crippen LogP contribution is -2.24. The molecular formula is C11H19N3. The largest absolute Gasteiger partial charge is 0.398 e. The second kappa shape index (κ2) is 5.60. The van der Waals surface area contributed by atoms with Crippen molar-refractivity contribution < 1.29 is 0 Å². The average molecular weight is 193 g/mol. The van der Waals surface area contributed by atoms with Crippen LogP contribution in [0.25, 0.3) is 0 Å². The number of pyridine rings is 1. The number of rotatable bonds is 5. The van der Waals surface area contributed by atoms with Crippen LogP contribution in [0.4, 0.5) is 5.69 Å². The number of anilines is 1. The van der Waals surface area contributed by atoms with Gasteiger partial charge in [-0.3, -0.25) is 4.98 Å². The summed E-state index contributed by atoms with van der Waals surface area (Å²) in [7, 11) is 2.00. The molecule has 0 aromatic carbocycles. The van der Waals surface area contributed by atoms with Crippen molar-refractivity contribution in [3.63, 3.8) is 0 Å². The van der Waals surface area contributed by atoms with E-state index in [0.29, 0.717) is 6.04 Å². The lowest BCUT2D eigenvalue weighted by molar-refractivity contribution is 0.509. The topological polar surface area (TPSA) is 50.9 Å². The van der Waals surface area contributed by atoms with Gasteiger partial charge >= 0.3 is 0 Å². The van der Waals surface area contributed by atoms with E-state index in [4.69, 9.17) is 5.73 Å². The van der Waals surface area contributed by atoms with E-state index in [1.165, 1.54) is 0 Å². The molecule has 1 atom stereocenters. The maximum atomic E-state index is 5.83. The quantitative estimate of drug-likeness (QED) is 0.746. The van der Waals surface area contributed by atoms with Crippen LogP contribution in [0.3, 0.4) is 0 Å². The highest BCUT2D eigenvalue weighted by molar-refractivity contribution is 5.44. The number of aryl methyl sites for hydroxylation is 1. The number of nitrogen functional groups attached to an aromatic ring is 1. The first kappa shape index (κ1) is 11.0. The van der Waals surface area contributed by atoms with Gasteiger partial charge in [-0.2, -0.15) is 0 Å². The SMILES string of the molecule is CCC(CCc1cnccc1N)NC. The van der Waals surface area contributed by atoms with Gasteiger partial charge in [-0.05, 0) is 37.9 Å². The highest BCUT2D eigenvalue weighted by Gasteiger charge is 2.04. The molecular weight excluding hydrogens is 174 g/mol. The molecule has 0 aliphatic heterocycles. The second-order valence-corrected chi connectivity index (χ2v) is 3.51. The van der Waals surface area contributed by atoms with Crippen LogP contribution in [-0.2, 0) is 6.42 Å². The van der Waals surface area contributed by atoms with Gasteiger partial charge in [-0.25, -0.2) is 0 Å². The minimum atomic E-state index is 0.578. The molecule has 0 aliphatic rings. The maximum Gasteiger partial charge on any atom is 0.0377 e. The summed E-state index contributed by atoms with van der Waals surface area (Å²) in [5.41, 5.74) is 7.84.